The highest BCUT2D eigenvalue weighted by atomic mass is 16.4. The van der Waals surface area contributed by atoms with E-state index in [2.05, 4.69) is 5.32 Å². The number of nitrogens with zero attached hydrogens (tertiary/aromatic N) is 1. The van der Waals surface area contributed by atoms with Crippen molar-refractivity contribution in [1.82, 2.24) is 10.2 Å². The summed E-state index contributed by atoms with van der Waals surface area (Å²) in [5.41, 5.74) is 0.990. The zero-order chi connectivity index (χ0) is 15.0. The number of amides is 2. The number of rotatable bonds is 8. The van der Waals surface area contributed by atoms with Crippen LogP contribution in [-0.4, -0.2) is 35.6 Å². The fraction of sp³-hybridized carbons (Fsp3) is 0.571. The first-order chi connectivity index (χ1) is 9.50. The van der Waals surface area contributed by atoms with Crippen molar-refractivity contribution >= 4 is 12.0 Å². The van der Waals surface area contributed by atoms with Crippen molar-refractivity contribution in [3.05, 3.63) is 23.7 Å². The molecule has 0 aromatic carbocycles. The summed E-state index contributed by atoms with van der Waals surface area (Å²) in [5, 5.41) is 11.3. The zero-order valence-electron chi connectivity index (χ0n) is 12.0. The summed E-state index contributed by atoms with van der Waals surface area (Å²) in [7, 11) is 1.73. The SMILES string of the molecule is Cc1occc1CN(C)C(=O)NCCCCCC(=O)O. The molecule has 0 fully saturated rings. The van der Waals surface area contributed by atoms with Gasteiger partial charge in [-0.25, -0.2) is 4.79 Å². The predicted octanol–water partition coefficient (Wildman–Crippen LogP) is 2.37. The molecule has 6 nitrogen and oxygen atoms in total. The average Bonchev–Trinajstić information content (AvgIpc) is 2.78. The molecular weight excluding hydrogens is 260 g/mol. The van der Waals surface area contributed by atoms with Gasteiger partial charge in [-0.05, 0) is 25.8 Å². The molecule has 1 rings (SSSR count). The molecule has 112 valence electrons. The minimum atomic E-state index is -0.774. The van der Waals surface area contributed by atoms with Gasteiger partial charge in [0.15, 0.2) is 0 Å². The number of hydrogen-bond donors (Lipinski definition) is 2. The Hall–Kier alpha value is -1.98. The van der Waals surface area contributed by atoms with Gasteiger partial charge in [-0.15, -0.1) is 0 Å². The van der Waals surface area contributed by atoms with E-state index in [0.717, 1.165) is 24.2 Å². The first-order valence-corrected chi connectivity index (χ1v) is 6.74. The normalized spacial score (nSPS) is 10.3. The Kier molecular flexibility index (Phi) is 6.63. The second-order valence-corrected chi connectivity index (χ2v) is 4.79. The van der Waals surface area contributed by atoms with E-state index in [1.807, 2.05) is 13.0 Å². The van der Waals surface area contributed by atoms with Gasteiger partial charge in [-0.2, -0.15) is 0 Å². The molecule has 0 radical (unpaired) electrons. The molecule has 20 heavy (non-hydrogen) atoms. The molecule has 0 aliphatic carbocycles. The van der Waals surface area contributed by atoms with Crippen LogP contribution < -0.4 is 5.32 Å². The van der Waals surface area contributed by atoms with E-state index in [9.17, 15) is 9.59 Å². The van der Waals surface area contributed by atoms with Crippen LogP contribution in [0.25, 0.3) is 0 Å². The summed E-state index contributed by atoms with van der Waals surface area (Å²) in [6, 6.07) is 1.72. The number of carboxylic acid groups (broad SMARTS) is 1. The van der Waals surface area contributed by atoms with E-state index in [1.54, 1.807) is 18.2 Å². The summed E-state index contributed by atoms with van der Waals surface area (Å²) >= 11 is 0. The summed E-state index contributed by atoms with van der Waals surface area (Å²) < 4.78 is 5.18. The number of aryl methyl sites for hydroxylation is 1. The van der Waals surface area contributed by atoms with Gasteiger partial charge in [-0.3, -0.25) is 4.79 Å². The van der Waals surface area contributed by atoms with Gasteiger partial charge < -0.3 is 19.7 Å². The average molecular weight is 282 g/mol. The Labute approximate surface area is 118 Å². The standard InChI is InChI=1S/C14H22N2O4/c1-11-12(7-9-20-11)10-16(2)14(19)15-8-5-3-4-6-13(17)18/h7,9H,3-6,8,10H2,1-2H3,(H,15,19)(H,17,18). The highest BCUT2D eigenvalue weighted by molar-refractivity contribution is 5.73. The highest BCUT2D eigenvalue weighted by Gasteiger charge is 2.10. The molecule has 2 N–H and O–H groups in total. The van der Waals surface area contributed by atoms with Gasteiger partial charge >= 0.3 is 12.0 Å². The number of urea groups is 1. The quantitative estimate of drug-likeness (QED) is 0.717. The second kappa shape index (κ2) is 8.24. The molecule has 0 unspecified atom stereocenters. The van der Waals surface area contributed by atoms with E-state index >= 15 is 0 Å². The third-order valence-electron chi connectivity index (χ3n) is 3.06. The fourth-order valence-electron chi connectivity index (χ4n) is 1.81. The topological polar surface area (TPSA) is 82.8 Å². The largest absolute Gasteiger partial charge is 0.481 e. The van der Waals surface area contributed by atoms with Crippen molar-refractivity contribution in [1.29, 1.82) is 0 Å². The maximum absolute atomic E-state index is 11.8. The summed E-state index contributed by atoms with van der Waals surface area (Å²) in [5.74, 6) is 0.0440. The van der Waals surface area contributed by atoms with Crippen LogP contribution in [0.15, 0.2) is 16.7 Å². The minimum Gasteiger partial charge on any atom is -0.481 e. The number of nitrogens with one attached hydrogen (secondary N) is 1. The first kappa shape index (κ1) is 16.1. The number of carbonyl (C=O) groups excluding carboxylic acids is 1. The molecule has 0 saturated carbocycles. The lowest BCUT2D eigenvalue weighted by Crippen LogP contribution is -2.37. The van der Waals surface area contributed by atoms with Crippen molar-refractivity contribution in [3.8, 4) is 0 Å². The van der Waals surface area contributed by atoms with Gasteiger partial charge in [0.25, 0.3) is 0 Å². The molecule has 0 atom stereocenters. The third-order valence-corrected chi connectivity index (χ3v) is 3.06. The van der Waals surface area contributed by atoms with E-state index < -0.39 is 5.97 Å². The Bertz CT molecular complexity index is 442. The summed E-state index contributed by atoms with van der Waals surface area (Å²) in [6.45, 7) is 2.93. The maximum Gasteiger partial charge on any atom is 0.317 e. The van der Waals surface area contributed by atoms with Crippen molar-refractivity contribution in [2.24, 2.45) is 0 Å². The van der Waals surface area contributed by atoms with Gasteiger partial charge in [0.05, 0.1) is 12.8 Å². The van der Waals surface area contributed by atoms with Crippen LogP contribution in [0.5, 0.6) is 0 Å². The van der Waals surface area contributed by atoms with Crippen LogP contribution in [0.3, 0.4) is 0 Å². The van der Waals surface area contributed by atoms with Gasteiger partial charge in [-0.1, -0.05) is 6.42 Å². The number of carbonyl (C=O) groups is 2. The first-order valence-electron chi connectivity index (χ1n) is 6.74. The molecular formula is C14H22N2O4. The van der Waals surface area contributed by atoms with Crippen molar-refractivity contribution in [2.45, 2.75) is 39.2 Å². The van der Waals surface area contributed by atoms with Gasteiger partial charge in [0, 0.05) is 25.6 Å². The molecule has 1 aromatic rings. The lowest BCUT2D eigenvalue weighted by atomic mass is 10.2. The highest BCUT2D eigenvalue weighted by Crippen LogP contribution is 2.10. The lowest BCUT2D eigenvalue weighted by molar-refractivity contribution is -0.137. The number of unbranched alkanes of at least 4 members (excludes halogenated alkanes) is 2. The molecule has 0 aliphatic rings. The maximum atomic E-state index is 11.8. The van der Waals surface area contributed by atoms with Crippen molar-refractivity contribution < 1.29 is 19.1 Å². The lowest BCUT2D eigenvalue weighted by Gasteiger charge is -2.17. The van der Waals surface area contributed by atoms with Crippen molar-refractivity contribution in [3.63, 3.8) is 0 Å². The molecule has 1 heterocycles. The molecule has 0 aliphatic heterocycles. The number of hydrogen-bond acceptors (Lipinski definition) is 3. The molecule has 2 amide bonds. The Morgan fingerprint density at radius 3 is 2.70 bits per heavy atom. The molecule has 0 saturated heterocycles. The van der Waals surface area contributed by atoms with Gasteiger partial charge in [0.2, 0.25) is 0 Å². The summed E-state index contributed by atoms with van der Waals surface area (Å²) in [6.07, 6.45) is 4.04. The Balaban J connectivity index is 2.16. The number of carboxylic acids is 1. The van der Waals surface area contributed by atoms with Crippen LogP contribution in [0.4, 0.5) is 4.79 Å². The molecule has 1 aromatic heterocycles. The predicted molar refractivity (Wildman–Crippen MR) is 74.4 cm³/mol. The van der Waals surface area contributed by atoms with Crippen LogP contribution in [0.1, 0.15) is 37.0 Å². The van der Waals surface area contributed by atoms with E-state index in [4.69, 9.17) is 9.52 Å². The monoisotopic (exact) mass is 282 g/mol. The van der Waals surface area contributed by atoms with Crippen LogP contribution >= 0.6 is 0 Å². The second-order valence-electron chi connectivity index (χ2n) is 4.79. The van der Waals surface area contributed by atoms with Crippen LogP contribution in [-0.2, 0) is 11.3 Å². The molecule has 0 bridgehead atoms. The Morgan fingerprint density at radius 1 is 1.35 bits per heavy atom. The number of aliphatic carboxylic acids is 1. The molecule has 6 heteroatoms. The zero-order valence-corrected chi connectivity index (χ0v) is 12.0. The van der Waals surface area contributed by atoms with E-state index in [0.29, 0.717) is 19.5 Å². The fourth-order valence-corrected chi connectivity index (χ4v) is 1.81. The van der Waals surface area contributed by atoms with Crippen LogP contribution in [0, 0.1) is 6.92 Å². The van der Waals surface area contributed by atoms with Crippen molar-refractivity contribution in [2.75, 3.05) is 13.6 Å². The van der Waals surface area contributed by atoms with E-state index in [1.165, 1.54) is 0 Å². The van der Waals surface area contributed by atoms with Gasteiger partial charge in [0.1, 0.15) is 5.76 Å². The molecule has 0 spiro atoms. The number of furan rings is 1. The minimum absolute atomic E-state index is 0.135. The van der Waals surface area contributed by atoms with E-state index in [-0.39, 0.29) is 12.5 Å². The summed E-state index contributed by atoms with van der Waals surface area (Å²) in [4.78, 5) is 23.7. The third kappa shape index (κ3) is 5.77. The smallest absolute Gasteiger partial charge is 0.317 e. The van der Waals surface area contributed by atoms with Crippen LogP contribution in [0.2, 0.25) is 0 Å². The Morgan fingerprint density at radius 2 is 2.10 bits per heavy atom.